The van der Waals surface area contributed by atoms with Gasteiger partial charge in [-0.05, 0) is 24.5 Å². The summed E-state index contributed by atoms with van der Waals surface area (Å²) in [5, 5.41) is 3.47. The van der Waals surface area contributed by atoms with E-state index in [0.717, 1.165) is 6.61 Å². The Kier molecular flexibility index (Phi) is 4.63. The lowest BCUT2D eigenvalue weighted by molar-refractivity contribution is 0.190. The Morgan fingerprint density at radius 3 is 2.47 bits per heavy atom. The Balaban J connectivity index is 2.75. The number of anilines is 1. The third kappa shape index (κ3) is 3.56. The highest BCUT2D eigenvalue weighted by Crippen LogP contribution is 2.24. The van der Waals surface area contributed by atoms with Crippen LogP contribution in [0.1, 0.15) is 32.3 Å². The van der Waals surface area contributed by atoms with Gasteiger partial charge in [-0.1, -0.05) is 32.0 Å². The summed E-state index contributed by atoms with van der Waals surface area (Å²) in [6.07, 6.45) is 0. The standard InChI is InChI=1S/C13H21NO/c1-10(2)12-7-5-6-8-13(12)14-11(3)9-15-4/h5-8,10-11,14H,9H2,1-4H3/t11-/m0/s1. The van der Waals surface area contributed by atoms with Crippen molar-refractivity contribution in [2.45, 2.75) is 32.7 Å². The summed E-state index contributed by atoms with van der Waals surface area (Å²) in [4.78, 5) is 0. The van der Waals surface area contributed by atoms with Gasteiger partial charge in [0, 0.05) is 18.8 Å². The number of ether oxygens (including phenoxy) is 1. The molecule has 0 saturated heterocycles. The maximum atomic E-state index is 5.11. The minimum Gasteiger partial charge on any atom is -0.383 e. The van der Waals surface area contributed by atoms with Gasteiger partial charge in [0.15, 0.2) is 0 Å². The molecule has 0 aliphatic rings. The van der Waals surface area contributed by atoms with Crippen molar-refractivity contribution in [1.82, 2.24) is 0 Å². The lowest BCUT2D eigenvalue weighted by Gasteiger charge is -2.19. The van der Waals surface area contributed by atoms with E-state index in [4.69, 9.17) is 4.74 Å². The first-order valence-corrected chi connectivity index (χ1v) is 5.49. The number of hydrogen-bond donors (Lipinski definition) is 1. The third-order valence-electron chi connectivity index (χ3n) is 2.40. The molecule has 0 fully saturated rings. The van der Waals surface area contributed by atoms with Gasteiger partial charge in [0.25, 0.3) is 0 Å². The summed E-state index contributed by atoms with van der Waals surface area (Å²) in [6.45, 7) is 7.27. The first kappa shape index (κ1) is 12.1. The number of methoxy groups -OCH3 is 1. The molecule has 0 aromatic heterocycles. The zero-order valence-electron chi connectivity index (χ0n) is 10.1. The van der Waals surface area contributed by atoms with Crippen molar-refractivity contribution in [3.05, 3.63) is 29.8 Å². The molecule has 15 heavy (non-hydrogen) atoms. The predicted molar refractivity (Wildman–Crippen MR) is 65.5 cm³/mol. The summed E-state index contributed by atoms with van der Waals surface area (Å²) >= 11 is 0. The van der Waals surface area contributed by atoms with Gasteiger partial charge >= 0.3 is 0 Å². The van der Waals surface area contributed by atoms with E-state index >= 15 is 0 Å². The highest BCUT2D eigenvalue weighted by Gasteiger charge is 2.07. The van der Waals surface area contributed by atoms with E-state index < -0.39 is 0 Å². The van der Waals surface area contributed by atoms with Crippen molar-refractivity contribution in [3.8, 4) is 0 Å². The van der Waals surface area contributed by atoms with Gasteiger partial charge in [-0.25, -0.2) is 0 Å². The molecule has 1 atom stereocenters. The molecule has 0 heterocycles. The van der Waals surface area contributed by atoms with Gasteiger partial charge in [-0.3, -0.25) is 0 Å². The molecule has 2 heteroatoms. The molecule has 0 saturated carbocycles. The molecule has 0 unspecified atom stereocenters. The highest BCUT2D eigenvalue weighted by atomic mass is 16.5. The molecule has 0 aliphatic heterocycles. The third-order valence-corrected chi connectivity index (χ3v) is 2.40. The topological polar surface area (TPSA) is 21.3 Å². The van der Waals surface area contributed by atoms with Gasteiger partial charge in [-0.15, -0.1) is 0 Å². The van der Waals surface area contributed by atoms with Crippen molar-refractivity contribution in [3.63, 3.8) is 0 Å². The predicted octanol–water partition coefficient (Wildman–Crippen LogP) is 3.26. The summed E-state index contributed by atoms with van der Waals surface area (Å²) in [7, 11) is 1.73. The van der Waals surface area contributed by atoms with Crippen LogP contribution in [0, 0.1) is 0 Å². The summed E-state index contributed by atoms with van der Waals surface area (Å²) < 4.78 is 5.11. The van der Waals surface area contributed by atoms with E-state index in [2.05, 4.69) is 50.4 Å². The van der Waals surface area contributed by atoms with Crippen LogP contribution in [-0.2, 0) is 4.74 Å². The molecule has 1 rings (SSSR count). The average molecular weight is 207 g/mol. The zero-order chi connectivity index (χ0) is 11.3. The molecule has 2 nitrogen and oxygen atoms in total. The van der Waals surface area contributed by atoms with E-state index in [-0.39, 0.29) is 0 Å². The van der Waals surface area contributed by atoms with Crippen molar-refractivity contribution >= 4 is 5.69 Å². The maximum absolute atomic E-state index is 5.11. The number of benzene rings is 1. The van der Waals surface area contributed by atoms with E-state index in [1.165, 1.54) is 11.3 Å². The number of rotatable bonds is 5. The zero-order valence-corrected chi connectivity index (χ0v) is 10.1. The minimum absolute atomic E-state index is 0.342. The first-order valence-electron chi connectivity index (χ1n) is 5.49. The Labute approximate surface area is 92.6 Å². The summed E-state index contributed by atoms with van der Waals surface area (Å²) in [5.74, 6) is 0.545. The number of hydrogen-bond acceptors (Lipinski definition) is 2. The SMILES string of the molecule is COC[C@H](C)Nc1ccccc1C(C)C. The summed E-state index contributed by atoms with van der Waals surface area (Å²) in [5.41, 5.74) is 2.58. The van der Waals surface area contributed by atoms with Crippen LogP contribution in [0.15, 0.2) is 24.3 Å². The van der Waals surface area contributed by atoms with E-state index in [9.17, 15) is 0 Å². The minimum atomic E-state index is 0.342. The quantitative estimate of drug-likeness (QED) is 0.800. The maximum Gasteiger partial charge on any atom is 0.0661 e. The second-order valence-corrected chi connectivity index (χ2v) is 4.24. The smallest absolute Gasteiger partial charge is 0.0661 e. The van der Waals surface area contributed by atoms with Crippen LogP contribution >= 0.6 is 0 Å². The van der Waals surface area contributed by atoms with Crippen LogP contribution < -0.4 is 5.32 Å². The molecule has 0 spiro atoms. The van der Waals surface area contributed by atoms with E-state index in [1.807, 2.05) is 0 Å². The first-order chi connectivity index (χ1) is 7.15. The molecule has 1 aromatic rings. The van der Waals surface area contributed by atoms with E-state index in [0.29, 0.717) is 12.0 Å². The van der Waals surface area contributed by atoms with Crippen LogP contribution in [0.2, 0.25) is 0 Å². The highest BCUT2D eigenvalue weighted by molar-refractivity contribution is 5.53. The normalized spacial score (nSPS) is 12.9. The molecular weight excluding hydrogens is 186 g/mol. The monoisotopic (exact) mass is 207 g/mol. The van der Waals surface area contributed by atoms with Crippen LogP contribution in [0.4, 0.5) is 5.69 Å². The van der Waals surface area contributed by atoms with Crippen LogP contribution in [0.5, 0.6) is 0 Å². The lowest BCUT2D eigenvalue weighted by Crippen LogP contribution is -2.21. The van der Waals surface area contributed by atoms with Crippen molar-refractivity contribution in [2.75, 3.05) is 19.0 Å². The Hall–Kier alpha value is -1.02. The second-order valence-electron chi connectivity index (χ2n) is 4.24. The van der Waals surface area contributed by atoms with Gasteiger partial charge in [0.05, 0.1) is 6.61 Å². The largest absolute Gasteiger partial charge is 0.383 e. The van der Waals surface area contributed by atoms with Gasteiger partial charge in [0.1, 0.15) is 0 Å². The van der Waals surface area contributed by atoms with Crippen molar-refractivity contribution in [1.29, 1.82) is 0 Å². The Bertz CT molecular complexity index is 296. The molecule has 0 bridgehead atoms. The molecule has 0 aliphatic carbocycles. The average Bonchev–Trinajstić information content (AvgIpc) is 2.18. The molecule has 1 aromatic carbocycles. The summed E-state index contributed by atoms with van der Waals surface area (Å²) in [6, 6.07) is 8.79. The van der Waals surface area contributed by atoms with Gasteiger partial charge in [0.2, 0.25) is 0 Å². The van der Waals surface area contributed by atoms with E-state index in [1.54, 1.807) is 7.11 Å². The fraction of sp³-hybridized carbons (Fsp3) is 0.538. The van der Waals surface area contributed by atoms with Crippen molar-refractivity contribution in [2.24, 2.45) is 0 Å². The van der Waals surface area contributed by atoms with Crippen LogP contribution in [0.3, 0.4) is 0 Å². The fourth-order valence-electron chi connectivity index (χ4n) is 1.69. The molecule has 0 radical (unpaired) electrons. The second kappa shape index (κ2) is 5.76. The molecule has 1 N–H and O–H groups in total. The number of nitrogens with one attached hydrogen (secondary N) is 1. The van der Waals surface area contributed by atoms with Crippen LogP contribution in [-0.4, -0.2) is 19.8 Å². The molecular formula is C13H21NO. The molecule has 0 amide bonds. The van der Waals surface area contributed by atoms with Gasteiger partial charge < -0.3 is 10.1 Å². The van der Waals surface area contributed by atoms with Crippen molar-refractivity contribution < 1.29 is 4.74 Å². The van der Waals surface area contributed by atoms with Gasteiger partial charge in [-0.2, -0.15) is 0 Å². The fourth-order valence-corrected chi connectivity index (χ4v) is 1.69. The Morgan fingerprint density at radius 2 is 1.87 bits per heavy atom. The lowest BCUT2D eigenvalue weighted by atomic mass is 10.0. The van der Waals surface area contributed by atoms with Crippen LogP contribution in [0.25, 0.3) is 0 Å². The number of para-hydroxylation sites is 1. The molecule has 84 valence electrons. The Morgan fingerprint density at radius 1 is 1.20 bits per heavy atom.